The van der Waals surface area contributed by atoms with Crippen molar-refractivity contribution in [1.29, 1.82) is 0 Å². The Kier molecular flexibility index (Phi) is 5.18. The van der Waals surface area contributed by atoms with Crippen LogP contribution in [0.25, 0.3) is 11.4 Å². The van der Waals surface area contributed by atoms with E-state index < -0.39 is 11.9 Å². The van der Waals surface area contributed by atoms with Gasteiger partial charge < -0.3 is 10.2 Å². The topological polar surface area (TPSA) is 96.8 Å². The van der Waals surface area contributed by atoms with Crippen LogP contribution in [0.15, 0.2) is 43.1 Å². The highest BCUT2D eigenvalue weighted by Crippen LogP contribution is 2.40. The first-order valence-electron chi connectivity index (χ1n) is 10.5. The predicted octanol–water partition coefficient (Wildman–Crippen LogP) is 3.37. The molecule has 3 atom stereocenters. The van der Waals surface area contributed by atoms with E-state index in [1.54, 1.807) is 29.6 Å². The van der Waals surface area contributed by atoms with Gasteiger partial charge in [0.25, 0.3) is 5.91 Å². The lowest BCUT2D eigenvalue weighted by atomic mass is 10.0. The first kappa shape index (κ1) is 21.2. The Hall–Kier alpha value is -3.63. The number of alkyl halides is 3. The molecule has 1 amide bonds. The number of nitrogens with zero attached hydrogens (tertiary/aromatic N) is 6. The number of hydrogen-bond donors (Lipinski definition) is 1. The standard InChI is InChI=1S/C22H20F3N7O/c1-12-5-14(20-26-3-2-4-27-20)19(30-8-12)21(33)32-11-13-6-15(16(32)7-13)31-18-10-28-17(9-29-18)22(23,24)25/h2-5,8-10,13,15-16H,6-7,11H2,1H3,(H,29,31)/t13-,15?,16?/m0/s1. The molecule has 0 radical (unpaired) electrons. The fourth-order valence-electron chi connectivity index (χ4n) is 4.64. The van der Waals surface area contributed by atoms with Crippen molar-refractivity contribution in [2.24, 2.45) is 5.92 Å². The zero-order valence-electron chi connectivity index (χ0n) is 17.6. The fraction of sp³-hybridized carbons (Fsp3) is 0.364. The maximum absolute atomic E-state index is 13.5. The molecule has 3 aromatic rings. The van der Waals surface area contributed by atoms with E-state index in [1.165, 1.54) is 0 Å². The number of anilines is 1. The summed E-state index contributed by atoms with van der Waals surface area (Å²) in [5.41, 5.74) is 0.699. The maximum Gasteiger partial charge on any atom is 0.434 e. The number of likely N-dealkylation sites (tertiary alicyclic amines) is 1. The second-order valence-corrected chi connectivity index (χ2v) is 8.38. The minimum Gasteiger partial charge on any atom is -0.364 e. The summed E-state index contributed by atoms with van der Waals surface area (Å²) in [6.45, 7) is 2.49. The number of rotatable bonds is 4. The lowest BCUT2D eigenvalue weighted by Crippen LogP contribution is -2.48. The van der Waals surface area contributed by atoms with E-state index in [9.17, 15) is 18.0 Å². The quantitative estimate of drug-likeness (QED) is 0.644. The molecule has 2 bridgehead atoms. The number of hydrogen-bond acceptors (Lipinski definition) is 7. The average Bonchev–Trinajstić information content (AvgIpc) is 3.40. The Morgan fingerprint density at radius 2 is 1.85 bits per heavy atom. The Labute approximate surface area is 187 Å². The monoisotopic (exact) mass is 455 g/mol. The third kappa shape index (κ3) is 4.10. The van der Waals surface area contributed by atoms with Gasteiger partial charge in [-0.25, -0.2) is 19.9 Å². The molecule has 1 N–H and O–H groups in total. The van der Waals surface area contributed by atoms with Crippen LogP contribution in [0.4, 0.5) is 19.0 Å². The molecule has 4 heterocycles. The third-order valence-corrected chi connectivity index (χ3v) is 6.05. The van der Waals surface area contributed by atoms with Crippen molar-refractivity contribution in [2.75, 3.05) is 11.9 Å². The molecular weight excluding hydrogens is 435 g/mol. The number of carbonyl (C=O) groups is 1. The van der Waals surface area contributed by atoms with Crippen molar-refractivity contribution in [2.45, 2.75) is 38.0 Å². The van der Waals surface area contributed by atoms with Gasteiger partial charge in [-0.2, -0.15) is 13.2 Å². The van der Waals surface area contributed by atoms with Crippen LogP contribution >= 0.6 is 0 Å². The molecule has 33 heavy (non-hydrogen) atoms. The van der Waals surface area contributed by atoms with Gasteiger partial charge in [0.05, 0.1) is 24.0 Å². The summed E-state index contributed by atoms with van der Waals surface area (Å²) in [6, 6.07) is 3.28. The van der Waals surface area contributed by atoms with Gasteiger partial charge in [0.15, 0.2) is 11.5 Å². The van der Waals surface area contributed by atoms with Gasteiger partial charge in [0, 0.05) is 31.2 Å². The SMILES string of the molecule is Cc1cnc(C(=O)N2C[C@H]3CC(Nc4cnc(C(F)(F)F)cn4)C2C3)c(-c2ncccn2)c1. The van der Waals surface area contributed by atoms with Gasteiger partial charge >= 0.3 is 6.18 Å². The minimum absolute atomic E-state index is 0.126. The summed E-state index contributed by atoms with van der Waals surface area (Å²) in [5, 5.41) is 3.16. The second-order valence-electron chi connectivity index (χ2n) is 8.38. The Bertz CT molecular complexity index is 1170. The molecule has 3 aromatic heterocycles. The molecule has 8 nitrogen and oxygen atoms in total. The van der Waals surface area contributed by atoms with Crippen molar-refractivity contribution in [1.82, 2.24) is 29.8 Å². The van der Waals surface area contributed by atoms with Gasteiger partial charge in [-0.15, -0.1) is 0 Å². The van der Waals surface area contributed by atoms with E-state index in [2.05, 4.69) is 30.2 Å². The summed E-state index contributed by atoms with van der Waals surface area (Å²) in [7, 11) is 0. The molecule has 1 saturated carbocycles. The van der Waals surface area contributed by atoms with Crippen LogP contribution in [0, 0.1) is 12.8 Å². The van der Waals surface area contributed by atoms with E-state index in [-0.39, 0.29) is 29.5 Å². The summed E-state index contributed by atoms with van der Waals surface area (Å²) < 4.78 is 38.2. The summed E-state index contributed by atoms with van der Waals surface area (Å²) in [6.07, 6.45) is 3.72. The third-order valence-electron chi connectivity index (χ3n) is 6.05. The predicted molar refractivity (Wildman–Crippen MR) is 112 cm³/mol. The van der Waals surface area contributed by atoms with Crippen LogP contribution in [-0.2, 0) is 6.18 Å². The molecule has 5 rings (SSSR count). The molecule has 1 aliphatic carbocycles. The lowest BCUT2D eigenvalue weighted by Gasteiger charge is -2.34. The van der Waals surface area contributed by atoms with Crippen LogP contribution in [0.5, 0.6) is 0 Å². The van der Waals surface area contributed by atoms with Gasteiger partial charge in [0.2, 0.25) is 0 Å². The number of fused-ring (bicyclic) bond motifs is 2. The van der Waals surface area contributed by atoms with Gasteiger partial charge in [-0.3, -0.25) is 9.78 Å². The van der Waals surface area contributed by atoms with Crippen molar-refractivity contribution in [3.05, 3.63) is 60.1 Å². The number of nitrogens with one attached hydrogen (secondary N) is 1. The van der Waals surface area contributed by atoms with Crippen LogP contribution in [0.1, 0.15) is 34.6 Å². The van der Waals surface area contributed by atoms with Gasteiger partial charge in [-0.05, 0) is 43.4 Å². The lowest BCUT2D eigenvalue weighted by molar-refractivity contribution is -0.141. The summed E-state index contributed by atoms with van der Waals surface area (Å²) in [4.78, 5) is 35.6. The Morgan fingerprint density at radius 1 is 1.06 bits per heavy atom. The second kappa shape index (κ2) is 8.05. The first-order chi connectivity index (χ1) is 15.8. The zero-order chi connectivity index (χ0) is 23.2. The van der Waals surface area contributed by atoms with Crippen LogP contribution < -0.4 is 5.32 Å². The molecule has 0 aromatic carbocycles. The number of aromatic nitrogens is 5. The van der Waals surface area contributed by atoms with E-state index in [0.717, 1.165) is 24.6 Å². The van der Waals surface area contributed by atoms with E-state index in [4.69, 9.17) is 0 Å². The largest absolute Gasteiger partial charge is 0.434 e. The molecule has 1 saturated heterocycles. The normalized spacial score (nSPS) is 21.9. The van der Waals surface area contributed by atoms with Crippen molar-refractivity contribution < 1.29 is 18.0 Å². The summed E-state index contributed by atoms with van der Waals surface area (Å²) >= 11 is 0. The zero-order valence-corrected chi connectivity index (χ0v) is 17.6. The van der Waals surface area contributed by atoms with E-state index >= 15 is 0 Å². The van der Waals surface area contributed by atoms with Crippen molar-refractivity contribution in [3.8, 4) is 11.4 Å². The van der Waals surface area contributed by atoms with Gasteiger partial charge in [-0.1, -0.05) is 0 Å². The Balaban J connectivity index is 1.37. The van der Waals surface area contributed by atoms with E-state index in [0.29, 0.717) is 30.0 Å². The highest BCUT2D eigenvalue weighted by atomic mass is 19.4. The fourth-order valence-corrected chi connectivity index (χ4v) is 4.64. The molecule has 170 valence electrons. The van der Waals surface area contributed by atoms with Crippen molar-refractivity contribution >= 4 is 11.7 Å². The number of carbonyl (C=O) groups excluding carboxylic acids is 1. The van der Waals surface area contributed by atoms with Crippen molar-refractivity contribution in [3.63, 3.8) is 0 Å². The Morgan fingerprint density at radius 3 is 2.52 bits per heavy atom. The number of pyridine rings is 1. The number of amides is 1. The van der Waals surface area contributed by atoms with Crippen LogP contribution in [0.2, 0.25) is 0 Å². The number of aryl methyl sites for hydroxylation is 1. The number of piperidine rings is 1. The smallest absolute Gasteiger partial charge is 0.364 e. The van der Waals surface area contributed by atoms with Crippen LogP contribution in [-0.4, -0.2) is 54.4 Å². The maximum atomic E-state index is 13.5. The molecule has 2 aliphatic rings. The molecule has 11 heteroatoms. The minimum atomic E-state index is -4.54. The highest BCUT2D eigenvalue weighted by molar-refractivity contribution is 5.98. The molecule has 2 fully saturated rings. The molecule has 2 unspecified atom stereocenters. The average molecular weight is 455 g/mol. The molecule has 0 spiro atoms. The summed E-state index contributed by atoms with van der Waals surface area (Å²) in [5.74, 6) is 0.756. The first-order valence-corrected chi connectivity index (χ1v) is 10.5. The molecule has 1 aliphatic heterocycles. The number of halogens is 3. The molecular formula is C22H20F3N7O. The highest BCUT2D eigenvalue weighted by Gasteiger charge is 2.47. The van der Waals surface area contributed by atoms with Gasteiger partial charge in [0.1, 0.15) is 11.5 Å². The van der Waals surface area contributed by atoms with E-state index in [1.807, 2.05) is 13.0 Å². The van der Waals surface area contributed by atoms with Crippen LogP contribution in [0.3, 0.4) is 0 Å².